The van der Waals surface area contributed by atoms with Crippen LogP contribution in [0.4, 0.5) is 0 Å². The highest BCUT2D eigenvalue weighted by Gasteiger charge is 2.08. The van der Waals surface area contributed by atoms with Crippen LogP contribution in [-0.4, -0.2) is 9.55 Å². The maximum absolute atomic E-state index is 8.99. The van der Waals surface area contributed by atoms with Gasteiger partial charge in [0.15, 0.2) is 0 Å². The summed E-state index contributed by atoms with van der Waals surface area (Å²) in [4.78, 5) is 4.25. The Labute approximate surface area is 88.6 Å². The predicted octanol–water partition coefficient (Wildman–Crippen LogP) is 2.31. The van der Waals surface area contributed by atoms with E-state index < -0.39 is 0 Å². The average molecular weight is 197 g/mol. The molecule has 0 fully saturated rings. The molecular formula is C12H11N3. The summed E-state index contributed by atoms with van der Waals surface area (Å²) in [5.74, 6) is 0.802. The first kappa shape index (κ1) is 9.47. The zero-order chi connectivity index (χ0) is 10.7. The Kier molecular flexibility index (Phi) is 2.51. The van der Waals surface area contributed by atoms with Gasteiger partial charge in [-0.3, -0.25) is 4.57 Å². The molecule has 0 bridgehead atoms. The molecule has 2 rings (SSSR count). The molecule has 0 unspecified atom stereocenters. The molecule has 74 valence electrons. The van der Waals surface area contributed by atoms with Crippen molar-refractivity contribution < 1.29 is 0 Å². The lowest BCUT2D eigenvalue weighted by Gasteiger charge is -2.07. The van der Waals surface area contributed by atoms with Gasteiger partial charge in [0.2, 0.25) is 0 Å². The minimum Gasteiger partial charge on any atom is -0.290 e. The molecule has 0 spiro atoms. The van der Waals surface area contributed by atoms with Gasteiger partial charge in [0.05, 0.1) is 0 Å². The van der Waals surface area contributed by atoms with E-state index in [0.29, 0.717) is 5.69 Å². The largest absolute Gasteiger partial charge is 0.290 e. The molecule has 2 aromatic rings. The summed E-state index contributed by atoms with van der Waals surface area (Å²) in [6, 6.07) is 11.7. The molecule has 0 saturated heterocycles. The molecule has 3 heteroatoms. The fraction of sp³-hybridized carbons (Fsp3) is 0.167. The lowest BCUT2D eigenvalue weighted by Crippen LogP contribution is -2.03. The van der Waals surface area contributed by atoms with Crippen molar-refractivity contribution >= 4 is 0 Å². The summed E-state index contributed by atoms with van der Waals surface area (Å²) in [5.41, 5.74) is 1.73. The van der Waals surface area contributed by atoms with Crippen LogP contribution >= 0.6 is 0 Å². The molecule has 0 N–H and O–H groups in total. The molecule has 0 aliphatic rings. The van der Waals surface area contributed by atoms with E-state index in [4.69, 9.17) is 5.26 Å². The number of hydrogen-bond donors (Lipinski definition) is 0. The van der Waals surface area contributed by atoms with Crippen molar-refractivity contribution in [2.45, 2.75) is 13.3 Å². The summed E-state index contributed by atoms with van der Waals surface area (Å²) in [6.07, 6.45) is 2.62. The van der Waals surface area contributed by atoms with E-state index in [0.717, 1.165) is 17.9 Å². The maximum atomic E-state index is 8.99. The zero-order valence-corrected chi connectivity index (χ0v) is 8.51. The van der Waals surface area contributed by atoms with E-state index in [9.17, 15) is 0 Å². The zero-order valence-electron chi connectivity index (χ0n) is 8.51. The van der Waals surface area contributed by atoms with Gasteiger partial charge in [0.25, 0.3) is 0 Å². The van der Waals surface area contributed by atoms with Gasteiger partial charge in [0.1, 0.15) is 17.6 Å². The van der Waals surface area contributed by atoms with Crippen LogP contribution in [0.1, 0.15) is 18.3 Å². The monoisotopic (exact) mass is 197 g/mol. The molecular weight excluding hydrogens is 186 g/mol. The second-order valence-corrected chi connectivity index (χ2v) is 3.20. The van der Waals surface area contributed by atoms with E-state index in [2.05, 4.69) is 18.0 Å². The smallest absolute Gasteiger partial charge is 0.137 e. The van der Waals surface area contributed by atoms with Gasteiger partial charge >= 0.3 is 0 Å². The predicted molar refractivity (Wildman–Crippen MR) is 57.7 cm³/mol. The molecule has 2 heterocycles. The highest BCUT2D eigenvalue weighted by atomic mass is 15.1. The van der Waals surface area contributed by atoms with Gasteiger partial charge in [-0.05, 0) is 30.7 Å². The van der Waals surface area contributed by atoms with Crippen molar-refractivity contribution in [2.75, 3.05) is 0 Å². The fourth-order valence-electron chi connectivity index (χ4n) is 1.60. The Morgan fingerprint density at radius 2 is 2.20 bits per heavy atom. The first-order valence-corrected chi connectivity index (χ1v) is 4.89. The Morgan fingerprint density at radius 1 is 1.33 bits per heavy atom. The van der Waals surface area contributed by atoms with Gasteiger partial charge in [0, 0.05) is 11.9 Å². The SMILES string of the molecule is CCc1ccc(C#N)n1-c1ccccn1. The molecule has 3 nitrogen and oxygen atoms in total. The van der Waals surface area contributed by atoms with E-state index in [-0.39, 0.29) is 0 Å². The second kappa shape index (κ2) is 3.97. The minimum absolute atomic E-state index is 0.630. The molecule has 0 atom stereocenters. The standard InChI is InChI=1S/C12H11N3/c1-2-10-6-7-11(9-13)15(10)12-5-3-4-8-14-12/h3-8H,2H2,1H3. The van der Waals surface area contributed by atoms with E-state index in [1.807, 2.05) is 34.9 Å². The number of aryl methyl sites for hydroxylation is 1. The molecule has 0 radical (unpaired) electrons. The van der Waals surface area contributed by atoms with Crippen molar-refractivity contribution in [3.05, 3.63) is 47.9 Å². The summed E-state index contributed by atoms with van der Waals surface area (Å²) >= 11 is 0. The van der Waals surface area contributed by atoms with E-state index in [1.54, 1.807) is 6.20 Å². The van der Waals surface area contributed by atoms with Crippen LogP contribution in [0.2, 0.25) is 0 Å². The lowest BCUT2D eigenvalue weighted by atomic mass is 10.3. The van der Waals surface area contributed by atoms with Crippen LogP contribution in [0.25, 0.3) is 5.82 Å². The Bertz CT molecular complexity index is 491. The first-order valence-electron chi connectivity index (χ1n) is 4.89. The second-order valence-electron chi connectivity index (χ2n) is 3.20. The van der Waals surface area contributed by atoms with E-state index >= 15 is 0 Å². The lowest BCUT2D eigenvalue weighted by molar-refractivity contribution is 0.893. The van der Waals surface area contributed by atoms with Crippen LogP contribution < -0.4 is 0 Å². The Morgan fingerprint density at radius 3 is 2.80 bits per heavy atom. The quantitative estimate of drug-likeness (QED) is 0.741. The molecule has 0 aliphatic carbocycles. The number of nitriles is 1. The number of pyridine rings is 1. The molecule has 2 aromatic heterocycles. The number of nitrogens with zero attached hydrogens (tertiary/aromatic N) is 3. The van der Waals surface area contributed by atoms with Gasteiger partial charge in [-0.25, -0.2) is 4.98 Å². The number of aromatic nitrogens is 2. The van der Waals surface area contributed by atoms with Gasteiger partial charge in [-0.2, -0.15) is 5.26 Å². The Hall–Kier alpha value is -2.08. The number of rotatable bonds is 2. The van der Waals surface area contributed by atoms with Crippen LogP contribution in [0.5, 0.6) is 0 Å². The van der Waals surface area contributed by atoms with Crippen LogP contribution in [0, 0.1) is 11.3 Å². The Balaban J connectivity index is 2.61. The van der Waals surface area contributed by atoms with E-state index in [1.165, 1.54) is 0 Å². The van der Waals surface area contributed by atoms with Gasteiger partial charge in [-0.1, -0.05) is 13.0 Å². The summed E-state index contributed by atoms with van der Waals surface area (Å²) < 4.78 is 1.89. The maximum Gasteiger partial charge on any atom is 0.137 e. The molecule has 0 amide bonds. The van der Waals surface area contributed by atoms with Crippen LogP contribution in [0.15, 0.2) is 36.5 Å². The summed E-state index contributed by atoms with van der Waals surface area (Å²) in [6.45, 7) is 2.07. The van der Waals surface area contributed by atoms with Crippen LogP contribution in [0.3, 0.4) is 0 Å². The van der Waals surface area contributed by atoms with Crippen molar-refractivity contribution in [3.8, 4) is 11.9 Å². The summed E-state index contributed by atoms with van der Waals surface area (Å²) in [5, 5.41) is 8.99. The average Bonchev–Trinajstić information content (AvgIpc) is 2.72. The molecule has 0 saturated carbocycles. The summed E-state index contributed by atoms with van der Waals surface area (Å²) in [7, 11) is 0. The molecule has 0 aliphatic heterocycles. The number of hydrogen-bond acceptors (Lipinski definition) is 2. The van der Waals surface area contributed by atoms with Gasteiger partial charge in [-0.15, -0.1) is 0 Å². The first-order chi connectivity index (χ1) is 7.36. The van der Waals surface area contributed by atoms with Gasteiger partial charge < -0.3 is 0 Å². The van der Waals surface area contributed by atoms with Crippen molar-refractivity contribution in [2.24, 2.45) is 0 Å². The third kappa shape index (κ3) is 1.62. The molecule has 0 aromatic carbocycles. The minimum atomic E-state index is 0.630. The third-order valence-corrected chi connectivity index (χ3v) is 2.32. The van der Waals surface area contributed by atoms with Crippen molar-refractivity contribution in [1.82, 2.24) is 9.55 Å². The topological polar surface area (TPSA) is 41.6 Å². The fourth-order valence-corrected chi connectivity index (χ4v) is 1.60. The highest BCUT2D eigenvalue weighted by Crippen LogP contribution is 2.14. The van der Waals surface area contributed by atoms with Crippen LogP contribution in [-0.2, 0) is 6.42 Å². The van der Waals surface area contributed by atoms with Crippen molar-refractivity contribution in [3.63, 3.8) is 0 Å². The normalized spacial score (nSPS) is 9.87. The van der Waals surface area contributed by atoms with Crippen molar-refractivity contribution in [1.29, 1.82) is 5.26 Å². The highest BCUT2D eigenvalue weighted by molar-refractivity contribution is 5.37. The molecule has 15 heavy (non-hydrogen) atoms. The third-order valence-electron chi connectivity index (χ3n) is 2.32.